The monoisotopic (exact) mass is 326 g/mol. The lowest BCUT2D eigenvalue weighted by Gasteiger charge is -2.24. The maximum Gasteiger partial charge on any atom is 0.253 e. The summed E-state index contributed by atoms with van der Waals surface area (Å²) >= 11 is 0. The number of nitrogens with zero attached hydrogens (tertiary/aromatic N) is 3. The number of nitrogens with one attached hydrogen (secondary N) is 1. The fourth-order valence-electron chi connectivity index (χ4n) is 4.82. The Labute approximate surface area is 142 Å². The van der Waals surface area contributed by atoms with Gasteiger partial charge in [-0.1, -0.05) is 0 Å². The van der Waals surface area contributed by atoms with Gasteiger partial charge in [0.15, 0.2) is 0 Å². The summed E-state index contributed by atoms with van der Waals surface area (Å²) in [5.41, 5.74) is 4.57. The van der Waals surface area contributed by atoms with E-state index in [1.807, 2.05) is 11.7 Å². The van der Waals surface area contributed by atoms with E-state index in [-0.39, 0.29) is 5.56 Å². The van der Waals surface area contributed by atoms with Crippen molar-refractivity contribution in [3.63, 3.8) is 0 Å². The second-order valence-electron chi connectivity index (χ2n) is 7.95. The van der Waals surface area contributed by atoms with Crippen LogP contribution in [0.1, 0.15) is 61.4 Å². The zero-order chi connectivity index (χ0) is 16.3. The van der Waals surface area contributed by atoms with Gasteiger partial charge in [-0.05, 0) is 69.4 Å². The largest absolute Gasteiger partial charge is 0.307 e. The van der Waals surface area contributed by atoms with E-state index in [2.05, 4.69) is 9.88 Å². The summed E-state index contributed by atoms with van der Waals surface area (Å²) < 4.78 is 1.90. The molecule has 2 aromatic heterocycles. The van der Waals surface area contributed by atoms with Crippen LogP contribution in [0.25, 0.3) is 11.0 Å². The Bertz CT molecular complexity index is 845. The molecule has 1 N–H and O–H groups in total. The van der Waals surface area contributed by atoms with Gasteiger partial charge in [0, 0.05) is 24.5 Å². The van der Waals surface area contributed by atoms with Crippen molar-refractivity contribution >= 4 is 11.0 Å². The lowest BCUT2D eigenvalue weighted by molar-refractivity contribution is 0.243. The molecular formula is C19H26N4O. The Kier molecular flexibility index (Phi) is 3.34. The van der Waals surface area contributed by atoms with E-state index < -0.39 is 0 Å². The summed E-state index contributed by atoms with van der Waals surface area (Å²) in [7, 11) is 1.97. The first kappa shape index (κ1) is 14.7. The number of H-pyrrole nitrogens is 1. The van der Waals surface area contributed by atoms with Gasteiger partial charge in [0.2, 0.25) is 0 Å². The Morgan fingerprint density at radius 3 is 2.71 bits per heavy atom. The van der Waals surface area contributed by atoms with E-state index >= 15 is 0 Å². The van der Waals surface area contributed by atoms with Crippen LogP contribution in [0.5, 0.6) is 0 Å². The molecule has 5 nitrogen and oxygen atoms in total. The van der Waals surface area contributed by atoms with Crippen molar-refractivity contribution in [3.8, 4) is 0 Å². The van der Waals surface area contributed by atoms with Crippen molar-refractivity contribution in [1.82, 2.24) is 19.7 Å². The van der Waals surface area contributed by atoms with Crippen molar-refractivity contribution < 1.29 is 0 Å². The predicted octanol–water partition coefficient (Wildman–Crippen LogP) is 2.69. The topological polar surface area (TPSA) is 53.9 Å². The van der Waals surface area contributed by atoms with Gasteiger partial charge in [0.25, 0.3) is 5.56 Å². The Balaban J connectivity index is 1.66. The maximum absolute atomic E-state index is 12.5. The highest BCUT2D eigenvalue weighted by Crippen LogP contribution is 2.40. The number of pyridine rings is 1. The van der Waals surface area contributed by atoms with Gasteiger partial charge in [-0.25, -0.2) is 0 Å². The summed E-state index contributed by atoms with van der Waals surface area (Å²) in [6.45, 7) is 2.43. The Hall–Kier alpha value is -1.62. The average molecular weight is 326 g/mol. The standard InChI is InChI=1S/C19H26N4O/c1-22-18-16(13-5-2-3-6-14(13)19(24)20-18)17(21-22)15-7-4-10-23(15)11-12-8-9-12/h12,15H,2-11H2,1H3,(H,20,24)/t15-/m0/s1. The number of rotatable bonds is 3. The van der Waals surface area contributed by atoms with E-state index in [9.17, 15) is 4.79 Å². The summed E-state index contributed by atoms with van der Waals surface area (Å²) in [4.78, 5) is 18.2. The SMILES string of the molecule is Cn1nc([C@@H]2CCCN2CC2CC2)c2c3c(c(=O)[nH]c21)CCCC3. The van der Waals surface area contributed by atoms with Crippen LogP contribution in [0, 0.1) is 5.92 Å². The molecule has 3 heterocycles. The van der Waals surface area contributed by atoms with Crippen LogP contribution in [0.3, 0.4) is 0 Å². The first-order chi connectivity index (χ1) is 11.7. The predicted molar refractivity (Wildman–Crippen MR) is 94.2 cm³/mol. The first-order valence-electron chi connectivity index (χ1n) is 9.57. The number of aryl methyl sites for hydroxylation is 2. The highest BCUT2D eigenvalue weighted by molar-refractivity contribution is 5.84. The van der Waals surface area contributed by atoms with Crippen LogP contribution < -0.4 is 5.56 Å². The molecule has 1 saturated carbocycles. The molecule has 0 bridgehead atoms. The van der Waals surface area contributed by atoms with Gasteiger partial charge in [0.1, 0.15) is 5.65 Å². The van der Waals surface area contributed by atoms with Crippen molar-refractivity contribution in [2.24, 2.45) is 13.0 Å². The zero-order valence-corrected chi connectivity index (χ0v) is 14.5. The number of likely N-dealkylation sites (tertiary alicyclic amines) is 1. The number of hydrogen-bond acceptors (Lipinski definition) is 3. The van der Waals surface area contributed by atoms with Gasteiger partial charge in [-0.2, -0.15) is 5.10 Å². The molecule has 1 aliphatic heterocycles. The molecular weight excluding hydrogens is 300 g/mol. The first-order valence-corrected chi connectivity index (χ1v) is 9.57. The lowest BCUT2D eigenvalue weighted by atomic mass is 9.89. The lowest BCUT2D eigenvalue weighted by Crippen LogP contribution is -2.26. The maximum atomic E-state index is 12.5. The van der Waals surface area contributed by atoms with Crippen LogP contribution in [-0.4, -0.2) is 32.8 Å². The molecule has 0 radical (unpaired) electrons. The van der Waals surface area contributed by atoms with Crippen LogP contribution in [-0.2, 0) is 19.9 Å². The highest BCUT2D eigenvalue weighted by atomic mass is 16.1. The minimum absolute atomic E-state index is 0.105. The fourth-order valence-corrected chi connectivity index (χ4v) is 4.82. The van der Waals surface area contributed by atoms with Crippen LogP contribution in [0.2, 0.25) is 0 Å². The molecule has 2 aliphatic carbocycles. The minimum atomic E-state index is 0.105. The number of aromatic nitrogens is 3. The van der Waals surface area contributed by atoms with Crippen molar-refractivity contribution in [2.75, 3.05) is 13.1 Å². The molecule has 1 atom stereocenters. The van der Waals surface area contributed by atoms with E-state index in [4.69, 9.17) is 5.10 Å². The second kappa shape index (κ2) is 5.45. The third-order valence-corrected chi connectivity index (χ3v) is 6.22. The molecule has 0 amide bonds. The van der Waals surface area contributed by atoms with Crippen molar-refractivity contribution in [3.05, 3.63) is 27.2 Å². The summed E-state index contributed by atoms with van der Waals surface area (Å²) in [6.07, 6.45) is 9.54. The third-order valence-electron chi connectivity index (χ3n) is 6.22. The molecule has 2 fully saturated rings. The van der Waals surface area contributed by atoms with Crippen LogP contribution in [0.4, 0.5) is 0 Å². The Morgan fingerprint density at radius 1 is 1.12 bits per heavy atom. The van der Waals surface area contributed by atoms with E-state index in [0.717, 1.165) is 36.4 Å². The van der Waals surface area contributed by atoms with E-state index in [1.165, 1.54) is 61.8 Å². The van der Waals surface area contributed by atoms with Gasteiger partial charge in [0.05, 0.1) is 11.7 Å². The van der Waals surface area contributed by atoms with Gasteiger partial charge in [-0.15, -0.1) is 0 Å². The molecule has 128 valence electrons. The molecule has 0 aromatic carbocycles. The normalized spacial score (nSPS) is 24.6. The zero-order valence-electron chi connectivity index (χ0n) is 14.5. The average Bonchev–Trinajstić information content (AvgIpc) is 3.18. The van der Waals surface area contributed by atoms with Gasteiger partial charge in [-0.3, -0.25) is 14.4 Å². The van der Waals surface area contributed by atoms with Gasteiger partial charge >= 0.3 is 0 Å². The summed E-state index contributed by atoms with van der Waals surface area (Å²) in [5.74, 6) is 0.911. The number of hydrogen-bond donors (Lipinski definition) is 1. The highest BCUT2D eigenvalue weighted by Gasteiger charge is 2.35. The van der Waals surface area contributed by atoms with E-state index in [0.29, 0.717) is 6.04 Å². The summed E-state index contributed by atoms with van der Waals surface area (Å²) in [5, 5.41) is 6.17. The van der Waals surface area contributed by atoms with Crippen molar-refractivity contribution in [1.29, 1.82) is 0 Å². The molecule has 5 heteroatoms. The van der Waals surface area contributed by atoms with Gasteiger partial charge < -0.3 is 4.98 Å². The molecule has 2 aromatic rings. The molecule has 1 saturated heterocycles. The van der Waals surface area contributed by atoms with Crippen LogP contribution >= 0.6 is 0 Å². The molecule has 3 aliphatic rings. The molecule has 24 heavy (non-hydrogen) atoms. The molecule has 5 rings (SSSR count). The summed E-state index contributed by atoms with van der Waals surface area (Å²) in [6, 6.07) is 0.436. The van der Waals surface area contributed by atoms with Crippen LogP contribution in [0.15, 0.2) is 4.79 Å². The van der Waals surface area contributed by atoms with E-state index in [1.54, 1.807) is 0 Å². The second-order valence-corrected chi connectivity index (χ2v) is 7.95. The fraction of sp³-hybridized carbons (Fsp3) is 0.684. The number of fused-ring (bicyclic) bond motifs is 3. The van der Waals surface area contributed by atoms with Crippen molar-refractivity contribution in [2.45, 2.75) is 57.4 Å². The minimum Gasteiger partial charge on any atom is -0.307 e. The third kappa shape index (κ3) is 2.25. The quantitative estimate of drug-likeness (QED) is 0.943. The molecule has 0 spiro atoms. The smallest absolute Gasteiger partial charge is 0.253 e. The molecule has 0 unspecified atom stereocenters. The number of aromatic amines is 1. The Morgan fingerprint density at radius 2 is 1.92 bits per heavy atom.